The monoisotopic (exact) mass is 658 g/mol. The smallest absolute Gasteiger partial charge is 0.322 e. The summed E-state index contributed by atoms with van der Waals surface area (Å²) in [5, 5.41) is 6.50. The van der Waals surface area contributed by atoms with Crippen molar-refractivity contribution in [1.82, 2.24) is 9.80 Å². The van der Waals surface area contributed by atoms with Crippen LogP contribution in [-0.2, 0) is 0 Å². The number of nitrogens with zero attached hydrogens (tertiary/aromatic N) is 4. The number of amides is 4. The number of carbonyl (C=O) groups is 2. The minimum atomic E-state index is 0.0342. The molecule has 0 saturated heterocycles. The molecule has 0 heterocycles. The highest BCUT2D eigenvalue weighted by Crippen LogP contribution is 2.36. The largest absolute Gasteiger partial charge is 0.378 e. The van der Waals surface area contributed by atoms with Gasteiger partial charge in [0.25, 0.3) is 0 Å². The average Bonchev–Trinajstić information content (AvgIpc) is 3.07. The van der Waals surface area contributed by atoms with Gasteiger partial charge in [-0.05, 0) is 143 Å². The Balaban J connectivity index is 1.26. The molecule has 8 heteroatoms. The Bertz CT molecular complexity index is 1200. The molecular weight excluding hydrogens is 596 g/mol. The molecule has 264 valence electrons. The minimum Gasteiger partial charge on any atom is -0.378 e. The van der Waals surface area contributed by atoms with E-state index in [1.165, 1.54) is 25.7 Å². The van der Waals surface area contributed by atoms with Crippen molar-refractivity contribution in [1.29, 1.82) is 0 Å². The van der Waals surface area contributed by atoms with Gasteiger partial charge in [-0.1, -0.05) is 20.3 Å². The zero-order valence-corrected chi connectivity index (χ0v) is 30.6. The van der Waals surface area contributed by atoms with Crippen molar-refractivity contribution < 1.29 is 9.59 Å². The third-order valence-corrected chi connectivity index (χ3v) is 11.4. The molecule has 5 rings (SSSR count). The minimum absolute atomic E-state index is 0.0342. The van der Waals surface area contributed by atoms with Gasteiger partial charge < -0.3 is 30.2 Å². The number of hydrogen-bond acceptors (Lipinski definition) is 4. The second-order valence-corrected chi connectivity index (χ2v) is 15.8. The van der Waals surface area contributed by atoms with Crippen LogP contribution in [0.25, 0.3) is 0 Å². The van der Waals surface area contributed by atoms with Gasteiger partial charge in [-0.25, -0.2) is 9.59 Å². The fraction of sp³-hybridized carbons (Fsp3) is 0.650. The van der Waals surface area contributed by atoms with E-state index in [0.29, 0.717) is 11.8 Å². The molecule has 0 radical (unpaired) electrons. The van der Waals surface area contributed by atoms with Crippen LogP contribution in [-0.4, -0.2) is 75.2 Å². The SMILES string of the molecule is CC1CCC(N(C[C@@H]2CCC[C@@H](CN(C(=O)Nc3ccc(N(C)C)cc3)C3CCC(C)CC3)C2)C(=O)Nc2ccc(N(C)C)cc2)CC1. The van der Waals surface area contributed by atoms with Crippen LogP contribution in [0.4, 0.5) is 32.3 Å². The highest BCUT2D eigenvalue weighted by Gasteiger charge is 2.34. The van der Waals surface area contributed by atoms with Gasteiger partial charge in [0.15, 0.2) is 0 Å². The molecule has 3 saturated carbocycles. The first-order chi connectivity index (χ1) is 23.0. The molecule has 0 spiro atoms. The first kappa shape index (κ1) is 35.9. The summed E-state index contributed by atoms with van der Waals surface area (Å²) in [6.45, 7) is 6.27. The Kier molecular flexibility index (Phi) is 12.6. The van der Waals surface area contributed by atoms with Gasteiger partial charge in [-0.3, -0.25) is 0 Å². The molecule has 2 atom stereocenters. The normalized spacial score (nSPS) is 25.9. The lowest BCUT2D eigenvalue weighted by Crippen LogP contribution is -2.49. The predicted molar refractivity (Wildman–Crippen MR) is 201 cm³/mol. The van der Waals surface area contributed by atoms with Crippen LogP contribution in [0, 0.1) is 23.7 Å². The van der Waals surface area contributed by atoms with Crippen LogP contribution in [0.1, 0.15) is 90.9 Å². The zero-order valence-electron chi connectivity index (χ0n) is 30.6. The van der Waals surface area contributed by atoms with E-state index in [9.17, 15) is 9.59 Å². The molecule has 0 aliphatic heterocycles. The second-order valence-electron chi connectivity index (χ2n) is 15.8. The van der Waals surface area contributed by atoms with Gasteiger partial charge in [0.1, 0.15) is 0 Å². The van der Waals surface area contributed by atoms with E-state index < -0.39 is 0 Å². The molecule has 0 aromatic heterocycles. The molecule has 8 nitrogen and oxygen atoms in total. The average molecular weight is 659 g/mol. The lowest BCUT2D eigenvalue weighted by Gasteiger charge is -2.42. The Morgan fingerprint density at radius 3 is 1.25 bits per heavy atom. The molecule has 48 heavy (non-hydrogen) atoms. The van der Waals surface area contributed by atoms with Gasteiger partial charge in [-0.15, -0.1) is 0 Å². The first-order valence-electron chi connectivity index (χ1n) is 18.8. The van der Waals surface area contributed by atoms with Crippen molar-refractivity contribution in [3.63, 3.8) is 0 Å². The van der Waals surface area contributed by atoms with Crippen molar-refractivity contribution in [2.45, 2.75) is 103 Å². The topological polar surface area (TPSA) is 71.2 Å². The molecule has 0 unspecified atom stereocenters. The van der Waals surface area contributed by atoms with Gasteiger partial charge in [0, 0.05) is 76.1 Å². The Morgan fingerprint density at radius 1 is 0.562 bits per heavy atom. The van der Waals surface area contributed by atoms with E-state index in [4.69, 9.17) is 0 Å². The van der Waals surface area contributed by atoms with Crippen LogP contribution >= 0.6 is 0 Å². The number of urea groups is 2. The molecule has 3 aliphatic rings. The highest BCUT2D eigenvalue weighted by atomic mass is 16.2. The third kappa shape index (κ3) is 9.82. The standard InChI is InChI=1S/C40H62N6O2/c1-29-10-18-37(19-11-29)45(39(47)41-33-14-22-35(23-15-33)43(3)4)27-31-8-7-9-32(26-31)28-46(38-20-12-30(2)13-21-38)40(48)42-34-16-24-36(25-17-34)44(5)6/h14-17,22-25,29-32,37-38H,7-13,18-21,26-28H2,1-6H3,(H,41,47)(H,42,48)/t29?,30?,31-,32-,37?,38?/m1/s1. The van der Waals surface area contributed by atoms with E-state index in [2.05, 4.69) is 68.3 Å². The summed E-state index contributed by atoms with van der Waals surface area (Å²) in [4.78, 5) is 36.4. The van der Waals surface area contributed by atoms with E-state index in [0.717, 1.165) is 99.0 Å². The quantitative estimate of drug-likeness (QED) is 0.267. The Morgan fingerprint density at radius 2 is 0.917 bits per heavy atom. The maximum absolute atomic E-state index is 13.9. The number of nitrogens with one attached hydrogen (secondary N) is 2. The number of hydrogen-bond donors (Lipinski definition) is 2. The van der Waals surface area contributed by atoms with Crippen molar-refractivity contribution in [2.75, 3.05) is 61.7 Å². The summed E-state index contributed by atoms with van der Waals surface area (Å²) in [5.41, 5.74) is 3.93. The van der Waals surface area contributed by atoms with Crippen LogP contribution < -0.4 is 20.4 Å². The van der Waals surface area contributed by atoms with E-state index in [-0.39, 0.29) is 24.1 Å². The third-order valence-electron chi connectivity index (χ3n) is 11.4. The summed E-state index contributed by atoms with van der Waals surface area (Å²) >= 11 is 0. The number of carbonyl (C=O) groups excluding carboxylic acids is 2. The summed E-state index contributed by atoms with van der Waals surface area (Å²) in [6.07, 6.45) is 13.5. The predicted octanol–water partition coefficient (Wildman–Crippen LogP) is 9.15. The molecule has 3 aliphatic carbocycles. The highest BCUT2D eigenvalue weighted by molar-refractivity contribution is 5.90. The molecule has 3 fully saturated rings. The van der Waals surface area contributed by atoms with Crippen LogP contribution in [0.3, 0.4) is 0 Å². The van der Waals surface area contributed by atoms with Crippen molar-refractivity contribution >= 4 is 34.8 Å². The molecule has 2 aromatic carbocycles. The number of benzene rings is 2. The maximum Gasteiger partial charge on any atom is 0.322 e. The summed E-state index contributed by atoms with van der Waals surface area (Å²) < 4.78 is 0. The number of anilines is 4. The Labute approximate surface area is 290 Å². The van der Waals surface area contributed by atoms with E-state index >= 15 is 0 Å². The van der Waals surface area contributed by atoms with Gasteiger partial charge >= 0.3 is 12.1 Å². The second kappa shape index (κ2) is 16.8. The van der Waals surface area contributed by atoms with Crippen molar-refractivity contribution in [2.24, 2.45) is 23.7 Å². The van der Waals surface area contributed by atoms with E-state index in [1.54, 1.807) is 0 Å². The fourth-order valence-electron chi connectivity index (χ4n) is 8.27. The summed E-state index contributed by atoms with van der Waals surface area (Å²) in [5.74, 6) is 2.35. The van der Waals surface area contributed by atoms with Crippen molar-refractivity contribution in [3.8, 4) is 0 Å². The lowest BCUT2D eigenvalue weighted by atomic mass is 9.79. The molecule has 0 bridgehead atoms. The van der Waals surface area contributed by atoms with Crippen LogP contribution in [0.15, 0.2) is 48.5 Å². The van der Waals surface area contributed by atoms with Crippen molar-refractivity contribution in [3.05, 3.63) is 48.5 Å². The summed E-state index contributed by atoms with van der Waals surface area (Å²) in [6, 6.07) is 16.9. The molecule has 4 amide bonds. The fourth-order valence-corrected chi connectivity index (χ4v) is 8.27. The summed E-state index contributed by atoms with van der Waals surface area (Å²) in [7, 11) is 8.12. The van der Waals surface area contributed by atoms with E-state index in [1.807, 2.05) is 52.5 Å². The first-order valence-corrected chi connectivity index (χ1v) is 18.8. The molecule has 2 N–H and O–H groups in total. The lowest BCUT2D eigenvalue weighted by molar-refractivity contribution is 0.104. The maximum atomic E-state index is 13.9. The Hall–Kier alpha value is -3.42. The van der Waals surface area contributed by atoms with Gasteiger partial charge in [0.05, 0.1) is 0 Å². The van der Waals surface area contributed by atoms with Crippen LogP contribution in [0.5, 0.6) is 0 Å². The van der Waals surface area contributed by atoms with Crippen LogP contribution in [0.2, 0.25) is 0 Å². The number of rotatable bonds is 10. The van der Waals surface area contributed by atoms with Gasteiger partial charge in [-0.2, -0.15) is 0 Å². The molecular formula is C40H62N6O2. The zero-order chi connectivity index (χ0) is 34.2. The van der Waals surface area contributed by atoms with Gasteiger partial charge in [0.2, 0.25) is 0 Å². The molecule has 2 aromatic rings.